The summed E-state index contributed by atoms with van der Waals surface area (Å²) in [6, 6.07) is 10.2. The van der Waals surface area contributed by atoms with Crippen LogP contribution in [0, 0.1) is 40.5 Å². The highest BCUT2D eigenvalue weighted by molar-refractivity contribution is 6.04. The van der Waals surface area contributed by atoms with E-state index >= 15 is 0 Å². The van der Waals surface area contributed by atoms with Crippen LogP contribution < -0.4 is 10.2 Å². The Labute approximate surface area is 155 Å². The number of nitrogens with zero attached hydrogens (tertiary/aromatic N) is 1. The van der Waals surface area contributed by atoms with Gasteiger partial charge in [0, 0.05) is 24.3 Å². The largest absolute Gasteiger partial charge is 0.326 e. The zero-order chi connectivity index (χ0) is 19.0. The molecule has 136 valence electrons. The van der Waals surface area contributed by atoms with Crippen molar-refractivity contribution < 1.29 is 9.59 Å². The van der Waals surface area contributed by atoms with E-state index in [0.717, 1.165) is 33.6 Å². The summed E-state index contributed by atoms with van der Waals surface area (Å²) in [5, 5.41) is 3.01. The van der Waals surface area contributed by atoms with Crippen LogP contribution in [0.4, 0.5) is 11.4 Å². The molecule has 0 aromatic heterocycles. The summed E-state index contributed by atoms with van der Waals surface area (Å²) in [5.41, 5.74) is 7.22. The first-order valence-electron chi connectivity index (χ1n) is 9.02. The van der Waals surface area contributed by atoms with E-state index in [4.69, 9.17) is 0 Å². The quantitative estimate of drug-likeness (QED) is 0.901. The number of hydrogen-bond donors (Lipinski definition) is 1. The first-order valence-corrected chi connectivity index (χ1v) is 9.02. The highest BCUT2D eigenvalue weighted by Gasteiger charge is 2.36. The molecule has 1 saturated heterocycles. The molecular formula is C22H26N2O2. The molecule has 26 heavy (non-hydrogen) atoms. The van der Waals surface area contributed by atoms with Gasteiger partial charge < -0.3 is 10.2 Å². The van der Waals surface area contributed by atoms with Gasteiger partial charge in [-0.3, -0.25) is 9.59 Å². The minimum absolute atomic E-state index is 0.0150. The number of benzene rings is 2. The number of anilines is 2. The van der Waals surface area contributed by atoms with Crippen LogP contribution in [-0.2, 0) is 9.59 Å². The Hall–Kier alpha value is -2.62. The molecule has 0 bridgehead atoms. The molecule has 1 aliphatic rings. The maximum absolute atomic E-state index is 12.7. The number of amides is 2. The Bertz CT molecular complexity index is 863. The Balaban J connectivity index is 1.79. The third kappa shape index (κ3) is 3.50. The van der Waals surface area contributed by atoms with Crippen molar-refractivity contribution in [2.24, 2.45) is 5.92 Å². The minimum atomic E-state index is -0.331. The number of nitrogens with one attached hydrogen (secondary N) is 1. The predicted octanol–water partition coefficient (Wildman–Crippen LogP) is 4.22. The molecular weight excluding hydrogens is 324 g/mol. The van der Waals surface area contributed by atoms with Crippen LogP contribution in [0.15, 0.2) is 30.3 Å². The topological polar surface area (TPSA) is 49.4 Å². The van der Waals surface area contributed by atoms with Gasteiger partial charge in [0.25, 0.3) is 0 Å². The van der Waals surface area contributed by atoms with E-state index in [1.807, 2.05) is 45.9 Å². The Morgan fingerprint density at radius 3 is 2.27 bits per heavy atom. The molecule has 4 nitrogen and oxygen atoms in total. The van der Waals surface area contributed by atoms with E-state index in [2.05, 4.69) is 24.4 Å². The minimum Gasteiger partial charge on any atom is -0.326 e. The third-order valence-electron chi connectivity index (χ3n) is 5.05. The zero-order valence-corrected chi connectivity index (χ0v) is 16.1. The molecule has 1 heterocycles. The van der Waals surface area contributed by atoms with Crippen molar-refractivity contribution in [3.8, 4) is 0 Å². The van der Waals surface area contributed by atoms with Gasteiger partial charge in [0.2, 0.25) is 11.8 Å². The van der Waals surface area contributed by atoms with E-state index in [9.17, 15) is 9.59 Å². The fourth-order valence-electron chi connectivity index (χ4n) is 3.80. The summed E-state index contributed by atoms with van der Waals surface area (Å²) < 4.78 is 0. The van der Waals surface area contributed by atoms with E-state index in [-0.39, 0.29) is 24.2 Å². The second-order valence-electron chi connectivity index (χ2n) is 7.46. The number of carbonyl (C=O) groups is 2. The lowest BCUT2D eigenvalue weighted by Crippen LogP contribution is -2.29. The SMILES string of the molecule is Cc1cc(C)c(N2CC(C(=O)Nc3cc(C)ccc3C)CC2=O)c(C)c1. The van der Waals surface area contributed by atoms with Crippen LogP contribution in [-0.4, -0.2) is 18.4 Å². The molecule has 2 aromatic rings. The molecule has 0 spiro atoms. The summed E-state index contributed by atoms with van der Waals surface area (Å²) in [4.78, 5) is 27.1. The lowest BCUT2D eigenvalue weighted by Gasteiger charge is -2.22. The Morgan fingerprint density at radius 1 is 0.962 bits per heavy atom. The van der Waals surface area contributed by atoms with Crippen LogP contribution in [0.2, 0.25) is 0 Å². The van der Waals surface area contributed by atoms with Crippen LogP contribution >= 0.6 is 0 Å². The van der Waals surface area contributed by atoms with Crippen LogP contribution in [0.25, 0.3) is 0 Å². The van der Waals surface area contributed by atoms with Crippen molar-refractivity contribution >= 4 is 23.2 Å². The fourth-order valence-corrected chi connectivity index (χ4v) is 3.80. The standard InChI is InChI=1S/C22H26N2O2/c1-13-6-7-15(3)19(10-13)23-22(26)18-11-20(25)24(12-18)21-16(4)8-14(2)9-17(21)5/h6-10,18H,11-12H2,1-5H3,(H,23,26). The summed E-state index contributed by atoms with van der Waals surface area (Å²) in [5.74, 6) is -0.402. The highest BCUT2D eigenvalue weighted by atomic mass is 16.2. The molecule has 1 N–H and O–H groups in total. The van der Waals surface area contributed by atoms with Crippen molar-refractivity contribution in [1.29, 1.82) is 0 Å². The first-order chi connectivity index (χ1) is 12.3. The Kier molecular flexibility index (Phi) is 4.86. The Morgan fingerprint density at radius 2 is 1.62 bits per heavy atom. The molecule has 2 aromatic carbocycles. The van der Waals surface area contributed by atoms with Gasteiger partial charge in [-0.1, -0.05) is 29.8 Å². The second kappa shape index (κ2) is 6.94. The van der Waals surface area contributed by atoms with E-state index in [1.54, 1.807) is 4.90 Å². The van der Waals surface area contributed by atoms with Crippen LogP contribution in [0.1, 0.15) is 34.2 Å². The van der Waals surface area contributed by atoms with E-state index in [1.165, 1.54) is 5.56 Å². The van der Waals surface area contributed by atoms with Crippen molar-refractivity contribution in [1.82, 2.24) is 0 Å². The maximum Gasteiger partial charge on any atom is 0.229 e. The average Bonchev–Trinajstić information content (AvgIpc) is 2.92. The predicted molar refractivity (Wildman–Crippen MR) is 106 cm³/mol. The van der Waals surface area contributed by atoms with Crippen molar-refractivity contribution in [2.75, 3.05) is 16.8 Å². The molecule has 1 fully saturated rings. The maximum atomic E-state index is 12.7. The third-order valence-corrected chi connectivity index (χ3v) is 5.05. The van der Waals surface area contributed by atoms with Crippen molar-refractivity contribution in [2.45, 2.75) is 41.0 Å². The summed E-state index contributed by atoms with van der Waals surface area (Å²) in [6.45, 7) is 10.5. The van der Waals surface area contributed by atoms with Crippen molar-refractivity contribution in [3.63, 3.8) is 0 Å². The molecule has 3 rings (SSSR count). The van der Waals surface area contributed by atoms with Gasteiger partial charge >= 0.3 is 0 Å². The van der Waals surface area contributed by atoms with Gasteiger partial charge in [-0.15, -0.1) is 0 Å². The normalized spacial score (nSPS) is 16.9. The van der Waals surface area contributed by atoms with Crippen LogP contribution in [0.5, 0.6) is 0 Å². The molecule has 0 aliphatic carbocycles. The lowest BCUT2D eigenvalue weighted by atomic mass is 10.0. The highest BCUT2D eigenvalue weighted by Crippen LogP contribution is 2.32. The number of carbonyl (C=O) groups excluding carboxylic acids is 2. The van der Waals surface area contributed by atoms with Gasteiger partial charge in [-0.2, -0.15) is 0 Å². The van der Waals surface area contributed by atoms with E-state index in [0.29, 0.717) is 6.54 Å². The van der Waals surface area contributed by atoms with E-state index < -0.39 is 0 Å². The van der Waals surface area contributed by atoms with Crippen LogP contribution in [0.3, 0.4) is 0 Å². The smallest absolute Gasteiger partial charge is 0.229 e. The van der Waals surface area contributed by atoms with Gasteiger partial charge in [-0.05, 0) is 62.9 Å². The fraction of sp³-hybridized carbons (Fsp3) is 0.364. The summed E-state index contributed by atoms with van der Waals surface area (Å²) in [6.07, 6.45) is 0.253. The molecule has 4 heteroatoms. The van der Waals surface area contributed by atoms with Gasteiger partial charge in [0.1, 0.15) is 0 Å². The molecule has 1 unspecified atom stereocenters. The molecule has 1 atom stereocenters. The number of hydrogen-bond acceptors (Lipinski definition) is 2. The van der Waals surface area contributed by atoms with Gasteiger partial charge in [-0.25, -0.2) is 0 Å². The lowest BCUT2D eigenvalue weighted by molar-refractivity contribution is -0.122. The van der Waals surface area contributed by atoms with Gasteiger partial charge in [0.15, 0.2) is 0 Å². The van der Waals surface area contributed by atoms with Gasteiger partial charge in [0.05, 0.1) is 5.92 Å². The molecule has 2 amide bonds. The second-order valence-corrected chi connectivity index (χ2v) is 7.46. The molecule has 0 radical (unpaired) electrons. The monoisotopic (exact) mass is 350 g/mol. The number of aryl methyl sites for hydroxylation is 5. The zero-order valence-electron chi connectivity index (χ0n) is 16.1. The molecule has 0 saturated carbocycles. The summed E-state index contributed by atoms with van der Waals surface area (Å²) >= 11 is 0. The summed E-state index contributed by atoms with van der Waals surface area (Å²) in [7, 11) is 0. The first kappa shape index (κ1) is 18.2. The number of rotatable bonds is 3. The average molecular weight is 350 g/mol. The molecule has 1 aliphatic heterocycles. The van der Waals surface area contributed by atoms with Crippen molar-refractivity contribution in [3.05, 3.63) is 58.1 Å².